The number of hydrazone groups is 1. The Morgan fingerprint density at radius 1 is 1.23 bits per heavy atom. The molecule has 2 aromatic carbocycles. The minimum absolute atomic E-state index is 0.131. The molecule has 2 atom stereocenters. The Hall–Kier alpha value is -5.08. The fraction of sp³-hybridized carbons (Fsp3) is 0.250. The van der Waals surface area contributed by atoms with Crippen molar-refractivity contribution >= 4 is 35.5 Å². The molecule has 43 heavy (non-hydrogen) atoms. The summed E-state index contributed by atoms with van der Waals surface area (Å²) < 4.78 is 22.0. The number of furan rings is 1. The number of non-ortho nitro benzene ring substituents is 1. The number of nitrogens with one attached hydrogen (secondary N) is 3. The van der Waals surface area contributed by atoms with Crippen molar-refractivity contribution < 1.29 is 38.2 Å². The number of benzene rings is 2. The first kappa shape index (κ1) is 30.9. The van der Waals surface area contributed by atoms with Crippen LogP contribution < -0.4 is 25.5 Å². The number of urea groups is 1. The van der Waals surface area contributed by atoms with Gasteiger partial charge < -0.3 is 34.4 Å². The summed E-state index contributed by atoms with van der Waals surface area (Å²) in [5.74, 6) is 0.641. The predicted octanol–water partition coefficient (Wildman–Crippen LogP) is 4.03. The van der Waals surface area contributed by atoms with Crippen LogP contribution in [0.1, 0.15) is 31.2 Å². The van der Waals surface area contributed by atoms with Crippen molar-refractivity contribution in [3.63, 3.8) is 0 Å². The van der Waals surface area contributed by atoms with Crippen molar-refractivity contribution in [2.45, 2.75) is 26.1 Å². The number of allylic oxidation sites excluding steroid dienone is 1. The van der Waals surface area contributed by atoms with Crippen LogP contribution in [0.4, 0.5) is 10.5 Å². The molecular formula is C28H28ClN5O9. The number of carbonyl (C=O) groups excluding carboxylic acids is 2. The second-order valence-electron chi connectivity index (χ2n) is 9.04. The van der Waals surface area contributed by atoms with E-state index in [9.17, 15) is 24.8 Å². The smallest absolute Gasteiger partial charge is 0.337 e. The minimum Gasteiger partial charge on any atom is -0.490 e. The van der Waals surface area contributed by atoms with Gasteiger partial charge in [-0.15, -0.1) is 0 Å². The average molecular weight is 614 g/mol. The Kier molecular flexibility index (Phi) is 9.85. The lowest BCUT2D eigenvalue weighted by atomic mass is 9.95. The summed E-state index contributed by atoms with van der Waals surface area (Å²) in [5.41, 5.74) is 3.89. The first-order valence-corrected chi connectivity index (χ1v) is 13.3. The average Bonchev–Trinajstić information content (AvgIpc) is 3.44. The number of carbonyl (C=O) groups is 2. The predicted molar refractivity (Wildman–Crippen MR) is 155 cm³/mol. The van der Waals surface area contributed by atoms with Crippen LogP contribution >= 0.6 is 11.6 Å². The van der Waals surface area contributed by atoms with Crippen molar-refractivity contribution in [1.29, 1.82) is 0 Å². The van der Waals surface area contributed by atoms with E-state index in [-0.39, 0.29) is 22.9 Å². The molecule has 2 heterocycles. The van der Waals surface area contributed by atoms with Crippen molar-refractivity contribution in [2.24, 2.45) is 5.10 Å². The first-order valence-electron chi connectivity index (χ1n) is 12.9. The number of rotatable bonds is 12. The number of amides is 2. The zero-order valence-corrected chi connectivity index (χ0v) is 24.0. The first-order chi connectivity index (χ1) is 20.6. The van der Waals surface area contributed by atoms with Gasteiger partial charge in [0.05, 0.1) is 41.5 Å². The Balaban J connectivity index is 1.40. The number of aliphatic hydroxyl groups is 1. The molecule has 0 spiro atoms. The van der Waals surface area contributed by atoms with Crippen LogP contribution in [0.15, 0.2) is 69.3 Å². The molecule has 3 aromatic rings. The lowest BCUT2D eigenvalue weighted by molar-refractivity contribution is -0.384. The molecule has 1 aromatic heterocycles. The Morgan fingerprint density at radius 3 is 2.74 bits per heavy atom. The van der Waals surface area contributed by atoms with E-state index in [4.69, 9.17) is 30.2 Å². The number of methoxy groups -OCH3 is 1. The maximum absolute atomic E-state index is 12.4. The quantitative estimate of drug-likeness (QED) is 0.0763. The fourth-order valence-corrected chi connectivity index (χ4v) is 4.40. The van der Waals surface area contributed by atoms with Gasteiger partial charge in [0.1, 0.15) is 18.1 Å². The normalized spacial score (nSPS) is 15.5. The summed E-state index contributed by atoms with van der Waals surface area (Å²) in [6, 6.07) is 10.8. The minimum atomic E-state index is -1.23. The van der Waals surface area contributed by atoms with Gasteiger partial charge in [-0.3, -0.25) is 15.5 Å². The van der Waals surface area contributed by atoms with Crippen molar-refractivity contribution in [2.75, 3.05) is 20.3 Å². The molecule has 0 aliphatic carbocycles. The summed E-state index contributed by atoms with van der Waals surface area (Å²) in [4.78, 5) is 35.1. The molecule has 226 valence electrons. The molecule has 0 fully saturated rings. The van der Waals surface area contributed by atoms with Gasteiger partial charge in [-0.2, -0.15) is 5.10 Å². The number of hydrogen-bond acceptors (Lipinski definition) is 11. The molecule has 2 amide bonds. The molecule has 14 nitrogen and oxygen atoms in total. The zero-order chi connectivity index (χ0) is 31.1. The molecule has 0 radical (unpaired) electrons. The standard InChI is InChI=1S/C28H28ClN5O9/c1-4-41-23-11-16(26-25(27(36)40-3)15(2)31-28(37)32-26)5-9-22(23)42-14-24(35)33-30-13-18-7-10-21(43-18)19-12-17(34(38)39)6-8-20(19)29/h5-13,24,26,33,35H,4,14H2,1-3H3,(H2,31,32,37)/b30-13-/t24-,26-/m1/s1. The number of esters is 1. The van der Waals surface area contributed by atoms with E-state index in [1.165, 1.54) is 31.5 Å². The Morgan fingerprint density at radius 2 is 2.02 bits per heavy atom. The highest BCUT2D eigenvalue weighted by Crippen LogP contribution is 2.35. The van der Waals surface area contributed by atoms with Crippen LogP contribution in [0, 0.1) is 10.1 Å². The maximum atomic E-state index is 12.4. The van der Waals surface area contributed by atoms with Crippen LogP contribution in [-0.4, -0.2) is 54.8 Å². The lowest BCUT2D eigenvalue weighted by Gasteiger charge is -2.28. The number of nitrogens with zero attached hydrogens (tertiary/aromatic N) is 2. The number of ether oxygens (including phenoxy) is 3. The Labute approximate surface area is 250 Å². The van der Waals surface area contributed by atoms with Gasteiger partial charge in [-0.1, -0.05) is 17.7 Å². The van der Waals surface area contributed by atoms with E-state index in [0.29, 0.717) is 46.5 Å². The number of aliphatic hydroxyl groups excluding tert-OH is 1. The molecule has 1 aliphatic rings. The third-order valence-corrected chi connectivity index (χ3v) is 6.47. The Bertz CT molecular complexity index is 1590. The van der Waals surface area contributed by atoms with Crippen molar-refractivity contribution in [3.05, 3.63) is 86.3 Å². The van der Waals surface area contributed by atoms with E-state index in [1.807, 2.05) is 0 Å². The number of nitro benzene ring substituents is 1. The lowest BCUT2D eigenvalue weighted by Crippen LogP contribution is -2.45. The molecule has 15 heteroatoms. The largest absolute Gasteiger partial charge is 0.490 e. The van der Waals surface area contributed by atoms with E-state index in [1.54, 1.807) is 44.2 Å². The van der Waals surface area contributed by atoms with E-state index in [2.05, 4.69) is 21.2 Å². The van der Waals surface area contributed by atoms with Crippen LogP contribution in [0.5, 0.6) is 11.5 Å². The molecule has 0 unspecified atom stereocenters. The highest BCUT2D eigenvalue weighted by atomic mass is 35.5. The van der Waals surface area contributed by atoms with Gasteiger partial charge in [0, 0.05) is 23.4 Å². The summed E-state index contributed by atoms with van der Waals surface area (Å²) >= 11 is 6.17. The monoisotopic (exact) mass is 613 g/mol. The molecule has 4 N–H and O–H groups in total. The van der Waals surface area contributed by atoms with Crippen LogP contribution in [0.3, 0.4) is 0 Å². The van der Waals surface area contributed by atoms with Gasteiger partial charge in [0.2, 0.25) is 0 Å². The summed E-state index contributed by atoms with van der Waals surface area (Å²) in [6.45, 7) is 3.47. The van der Waals surface area contributed by atoms with Crippen LogP contribution in [0.25, 0.3) is 11.3 Å². The SMILES string of the molecule is CCOc1cc([C@H]2NC(=O)NC(C)=C2C(=O)OC)ccc1OC[C@@H](O)N/N=C\c1ccc(-c2cc([N+](=O)[O-])ccc2Cl)o1. The molecular weight excluding hydrogens is 586 g/mol. The second-order valence-corrected chi connectivity index (χ2v) is 9.45. The molecule has 0 saturated heterocycles. The van der Waals surface area contributed by atoms with Gasteiger partial charge in [-0.05, 0) is 49.7 Å². The van der Waals surface area contributed by atoms with E-state index < -0.39 is 29.2 Å². The zero-order valence-electron chi connectivity index (χ0n) is 23.3. The molecule has 4 rings (SSSR count). The van der Waals surface area contributed by atoms with Crippen LogP contribution in [-0.2, 0) is 9.53 Å². The van der Waals surface area contributed by atoms with Gasteiger partial charge in [0.25, 0.3) is 5.69 Å². The molecule has 1 aliphatic heterocycles. The number of nitro groups is 1. The topological polar surface area (TPSA) is 187 Å². The highest BCUT2D eigenvalue weighted by Gasteiger charge is 2.32. The highest BCUT2D eigenvalue weighted by molar-refractivity contribution is 6.33. The molecule has 0 bridgehead atoms. The van der Waals surface area contributed by atoms with Gasteiger partial charge in [-0.25, -0.2) is 9.59 Å². The fourth-order valence-electron chi connectivity index (χ4n) is 4.19. The summed E-state index contributed by atoms with van der Waals surface area (Å²) in [5, 5.41) is 30.9. The number of hydrogen-bond donors (Lipinski definition) is 4. The number of halogens is 1. The summed E-state index contributed by atoms with van der Waals surface area (Å²) in [7, 11) is 1.25. The van der Waals surface area contributed by atoms with Crippen molar-refractivity contribution in [1.82, 2.24) is 16.1 Å². The van der Waals surface area contributed by atoms with E-state index in [0.717, 1.165) is 0 Å². The van der Waals surface area contributed by atoms with Gasteiger partial charge in [0.15, 0.2) is 17.7 Å². The maximum Gasteiger partial charge on any atom is 0.337 e. The summed E-state index contributed by atoms with van der Waals surface area (Å²) in [6.07, 6.45) is 0.0754. The van der Waals surface area contributed by atoms with Crippen molar-refractivity contribution in [3.8, 4) is 22.8 Å². The molecule has 0 saturated carbocycles. The van der Waals surface area contributed by atoms with Crippen LogP contribution in [0.2, 0.25) is 5.02 Å². The second kappa shape index (κ2) is 13.7. The third-order valence-electron chi connectivity index (χ3n) is 6.14. The van der Waals surface area contributed by atoms with Gasteiger partial charge >= 0.3 is 12.0 Å². The third kappa shape index (κ3) is 7.42. The van der Waals surface area contributed by atoms with E-state index >= 15 is 0 Å².